The summed E-state index contributed by atoms with van der Waals surface area (Å²) in [7, 11) is 0. The summed E-state index contributed by atoms with van der Waals surface area (Å²) in [6.45, 7) is 0.647. The minimum absolute atomic E-state index is 0.0603. The second-order valence-electron chi connectivity index (χ2n) is 4.18. The molecule has 1 atom stereocenters. The summed E-state index contributed by atoms with van der Waals surface area (Å²) >= 11 is 1.04. The second kappa shape index (κ2) is 6.80. The van der Waals surface area contributed by atoms with E-state index in [9.17, 15) is 10.1 Å². The summed E-state index contributed by atoms with van der Waals surface area (Å²) in [5.74, 6) is 0. The lowest BCUT2D eigenvalue weighted by Crippen LogP contribution is -2.21. The van der Waals surface area contributed by atoms with Crippen molar-refractivity contribution >= 4 is 16.3 Å². The van der Waals surface area contributed by atoms with Crippen molar-refractivity contribution in [1.82, 2.24) is 5.32 Å². The van der Waals surface area contributed by atoms with Crippen molar-refractivity contribution in [2.24, 2.45) is 0 Å². The Hall–Kier alpha value is -2.23. The summed E-state index contributed by atoms with van der Waals surface area (Å²) in [4.78, 5) is 10.9. The van der Waals surface area contributed by atoms with Crippen LogP contribution in [0.25, 0.3) is 0 Å². The summed E-state index contributed by atoms with van der Waals surface area (Å²) in [6, 6.07) is 14.7. The number of benzene rings is 1. The van der Waals surface area contributed by atoms with E-state index in [0.29, 0.717) is 11.4 Å². The number of thiophene rings is 1. The number of rotatable bonds is 6. The first-order valence-corrected chi connectivity index (χ1v) is 6.93. The van der Waals surface area contributed by atoms with Crippen LogP contribution in [0.4, 0.5) is 5.00 Å². The fourth-order valence-corrected chi connectivity index (χ4v) is 2.65. The molecule has 0 aliphatic carbocycles. The van der Waals surface area contributed by atoms with Crippen LogP contribution in [0.3, 0.4) is 0 Å². The van der Waals surface area contributed by atoms with Crippen LogP contribution < -0.4 is 5.32 Å². The predicted molar refractivity (Wildman–Crippen MR) is 77.5 cm³/mol. The Kier molecular flexibility index (Phi) is 4.82. The third kappa shape index (κ3) is 3.63. The molecule has 5 nitrogen and oxygen atoms in total. The van der Waals surface area contributed by atoms with Crippen LogP contribution in [0.1, 0.15) is 16.5 Å². The van der Waals surface area contributed by atoms with Gasteiger partial charge in [-0.15, -0.1) is 0 Å². The molecule has 2 rings (SSSR count). The van der Waals surface area contributed by atoms with E-state index in [4.69, 9.17) is 5.26 Å². The SMILES string of the molecule is N#CC(NCCc1ccccc1)c1ccc([N+](=O)[O-])s1. The molecule has 0 aliphatic heterocycles. The first kappa shape index (κ1) is 14.2. The van der Waals surface area contributed by atoms with Crippen LogP contribution >= 0.6 is 11.3 Å². The van der Waals surface area contributed by atoms with Crippen LogP contribution in [0.15, 0.2) is 42.5 Å². The molecule has 2 aromatic rings. The van der Waals surface area contributed by atoms with E-state index < -0.39 is 11.0 Å². The highest BCUT2D eigenvalue weighted by Crippen LogP contribution is 2.28. The monoisotopic (exact) mass is 287 g/mol. The summed E-state index contributed by atoms with van der Waals surface area (Å²) in [5, 5.41) is 23.0. The molecule has 102 valence electrons. The minimum Gasteiger partial charge on any atom is -0.297 e. The molecular weight excluding hydrogens is 274 g/mol. The highest BCUT2D eigenvalue weighted by Gasteiger charge is 2.16. The highest BCUT2D eigenvalue weighted by atomic mass is 32.1. The van der Waals surface area contributed by atoms with E-state index in [1.54, 1.807) is 6.07 Å². The van der Waals surface area contributed by atoms with Gasteiger partial charge in [0.15, 0.2) is 0 Å². The van der Waals surface area contributed by atoms with Crippen molar-refractivity contribution in [1.29, 1.82) is 5.26 Å². The number of nitro groups is 1. The van der Waals surface area contributed by atoms with Gasteiger partial charge in [0.25, 0.3) is 0 Å². The maximum atomic E-state index is 10.6. The average molecular weight is 287 g/mol. The lowest BCUT2D eigenvalue weighted by Gasteiger charge is -2.09. The molecule has 20 heavy (non-hydrogen) atoms. The summed E-state index contributed by atoms with van der Waals surface area (Å²) < 4.78 is 0. The molecule has 1 heterocycles. The Morgan fingerprint density at radius 2 is 2.05 bits per heavy atom. The largest absolute Gasteiger partial charge is 0.324 e. The van der Waals surface area contributed by atoms with Crippen LogP contribution in [-0.4, -0.2) is 11.5 Å². The summed E-state index contributed by atoms with van der Waals surface area (Å²) in [5.41, 5.74) is 1.19. The molecule has 6 heteroatoms. The van der Waals surface area contributed by atoms with Gasteiger partial charge < -0.3 is 0 Å². The quantitative estimate of drug-likeness (QED) is 0.654. The Morgan fingerprint density at radius 3 is 2.65 bits per heavy atom. The third-order valence-corrected chi connectivity index (χ3v) is 3.91. The van der Waals surface area contributed by atoms with Gasteiger partial charge >= 0.3 is 5.00 Å². The minimum atomic E-state index is -0.502. The molecule has 0 radical (unpaired) electrons. The van der Waals surface area contributed by atoms with Crippen LogP contribution in [0.2, 0.25) is 0 Å². The fraction of sp³-hybridized carbons (Fsp3) is 0.214. The van der Waals surface area contributed by atoms with Crippen LogP contribution in [0.5, 0.6) is 0 Å². The maximum Gasteiger partial charge on any atom is 0.324 e. The predicted octanol–water partition coefficient (Wildman–Crippen LogP) is 3.05. The van der Waals surface area contributed by atoms with E-state index in [0.717, 1.165) is 17.8 Å². The highest BCUT2D eigenvalue weighted by molar-refractivity contribution is 7.15. The second-order valence-corrected chi connectivity index (χ2v) is 5.28. The zero-order valence-corrected chi connectivity index (χ0v) is 11.5. The normalized spacial score (nSPS) is 11.8. The molecule has 0 aliphatic rings. The van der Waals surface area contributed by atoms with Crippen molar-refractivity contribution in [3.05, 3.63) is 63.0 Å². The third-order valence-electron chi connectivity index (χ3n) is 2.81. The van der Waals surface area contributed by atoms with Crippen molar-refractivity contribution in [2.45, 2.75) is 12.5 Å². The Balaban J connectivity index is 1.92. The van der Waals surface area contributed by atoms with Crippen molar-refractivity contribution in [2.75, 3.05) is 6.54 Å². The first-order chi connectivity index (χ1) is 9.70. The van der Waals surface area contributed by atoms with E-state index in [1.807, 2.05) is 30.3 Å². The van der Waals surface area contributed by atoms with Crippen LogP contribution in [-0.2, 0) is 6.42 Å². The van der Waals surface area contributed by atoms with Gasteiger partial charge in [-0.05, 0) is 18.1 Å². The average Bonchev–Trinajstić information content (AvgIpc) is 2.94. The number of hydrogen-bond donors (Lipinski definition) is 1. The number of nitrogens with one attached hydrogen (secondary N) is 1. The van der Waals surface area contributed by atoms with E-state index in [2.05, 4.69) is 11.4 Å². The molecule has 0 saturated heterocycles. The van der Waals surface area contributed by atoms with Gasteiger partial charge in [-0.1, -0.05) is 41.7 Å². The molecule has 1 N–H and O–H groups in total. The molecule has 1 unspecified atom stereocenters. The zero-order valence-electron chi connectivity index (χ0n) is 10.7. The van der Waals surface area contributed by atoms with Gasteiger partial charge in [0.1, 0.15) is 6.04 Å². The smallest absolute Gasteiger partial charge is 0.297 e. The van der Waals surface area contributed by atoms with E-state index in [1.165, 1.54) is 11.6 Å². The standard InChI is InChI=1S/C14H13N3O2S/c15-10-12(13-6-7-14(20-13)17(18)19)16-9-8-11-4-2-1-3-5-11/h1-7,12,16H,8-9H2. The molecule has 0 bridgehead atoms. The van der Waals surface area contributed by atoms with E-state index in [-0.39, 0.29) is 5.00 Å². The topological polar surface area (TPSA) is 79.0 Å². The zero-order chi connectivity index (χ0) is 14.4. The Morgan fingerprint density at radius 1 is 1.30 bits per heavy atom. The Labute approximate surface area is 120 Å². The molecular formula is C14H13N3O2S. The lowest BCUT2D eigenvalue weighted by molar-refractivity contribution is -0.380. The Bertz CT molecular complexity index is 619. The number of hydrogen-bond acceptors (Lipinski definition) is 5. The lowest BCUT2D eigenvalue weighted by atomic mass is 10.1. The molecule has 1 aromatic heterocycles. The van der Waals surface area contributed by atoms with Crippen LogP contribution in [0, 0.1) is 21.4 Å². The van der Waals surface area contributed by atoms with Crippen molar-refractivity contribution in [3.63, 3.8) is 0 Å². The van der Waals surface area contributed by atoms with E-state index >= 15 is 0 Å². The summed E-state index contributed by atoms with van der Waals surface area (Å²) in [6.07, 6.45) is 0.812. The van der Waals surface area contributed by atoms with Crippen molar-refractivity contribution in [3.8, 4) is 6.07 Å². The fourth-order valence-electron chi connectivity index (χ4n) is 1.81. The molecule has 1 aromatic carbocycles. The van der Waals surface area contributed by atoms with Gasteiger partial charge in [-0.3, -0.25) is 15.4 Å². The number of nitrogens with zero attached hydrogens (tertiary/aromatic N) is 2. The van der Waals surface area contributed by atoms with Gasteiger partial charge in [0, 0.05) is 17.5 Å². The first-order valence-electron chi connectivity index (χ1n) is 6.12. The van der Waals surface area contributed by atoms with Gasteiger partial charge in [0.2, 0.25) is 0 Å². The van der Waals surface area contributed by atoms with Gasteiger partial charge in [-0.25, -0.2) is 0 Å². The molecule has 0 saturated carbocycles. The van der Waals surface area contributed by atoms with Gasteiger partial charge in [-0.2, -0.15) is 5.26 Å². The maximum absolute atomic E-state index is 10.6. The molecule has 0 spiro atoms. The van der Waals surface area contributed by atoms with Crippen molar-refractivity contribution < 1.29 is 4.92 Å². The number of nitriles is 1. The molecule has 0 amide bonds. The van der Waals surface area contributed by atoms with Gasteiger partial charge in [0.05, 0.1) is 11.0 Å². The molecule has 0 fully saturated rings.